The van der Waals surface area contributed by atoms with E-state index in [0.717, 1.165) is 24.5 Å². The van der Waals surface area contributed by atoms with Crippen molar-refractivity contribution in [3.63, 3.8) is 0 Å². The van der Waals surface area contributed by atoms with E-state index in [-0.39, 0.29) is 6.04 Å². The summed E-state index contributed by atoms with van der Waals surface area (Å²) in [6, 6.07) is 5.51. The van der Waals surface area contributed by atoms with Crippen LogP contribution in [0.2, 0.25) is 0 Å². The Bertz CT molecular complexity index is 842. The van der Waals surface area contributed by atoms with Crippen LogP contribution in [0.5, 0.6) is 0 Å². The quantitative estimate of drug-likeness (QED) is 0.531. The molecule has 1 unspecified atom stereocenters. The van der Waals surface area contributed by atoms with E-state index < -0.39 is 11.7 Å². The molecule has 0 saturated carbocycles. The molecule has 2 aliphatic rings. The summed E-state index contributed by atoms with van der Waals surface area (Å²) in [5, 5.41) is 3.18. The molecule has 10 heteroatoms. The molecule has 1 aromatic rings. The van der Waals surface area contributed by atoms with Crippen molar-refractivity contribution in [2.24, 2.45) is 9.98 Å². The van der Waals surface area contributed by atoms with Crippen LogP contribution in [0.4, 0.5) is 13.2 Å². The van der Waals surface area contributed by atoms with E-state index in [2.05, 4.69) is 36.7 Å². The van der Waals surface area contributed by atoms with Crippen LogP contribution in [-0.4, -0.2) is 94.3 Å². The summed E-state index contributed by atoms with van der Waals surface area (Å²) >= 11 is 0. The van der Waals surface area contributed by atoms with Crippen LogP contribution in [0.25, 0.3) is 0 Å². The van der Waals surface area contributed by atoms with Crippen molar-refractivity contribution >= 4 is 12.6 Å². The van der Waals surface area contributed by atoms with E-state index in [9.17, 15) is 13.2 Å². The largest absolute Gasteiger partial charge is 0.485 e. The lowest BCUT2D eigenvalue weighted by atomic mass is 10.0. The highest BCUT2D eigenvalue weighted by atomic mass is 19.4. The summed E-state index contributed by atoms with van der Waals surface area (Å²) < 4.78 is 44.8. The second-order valence-electron chi connectivity index (χ2n) is 8.08. The third-order valence-corrected chi connectivity index (χ3v) is 5.64. The maximum absolute atomic E-state index is 13.0. The predicted octanol–water partition coefficient (Wildman–Crippen LogP) is 2.44. The Kier molecular flexibility index (Phi) is 7.78. The molecule has 7 nitrogen and oxygen atoms in total. The lowest BCUT2D eigenvalue weighted by molar-refractivity contribution is -0.137. The summed E-state index contributed by atoms with van der Waals surface area (Å²) in [5.41, 5.74) is 0.254. The van der Waals surface area contributed by atoms with Gasteiger partial charge in [0, 0.05) is 45.8 Å². The molecule has 2 aliphatic heterocycles. The van der Waals surface area contributed by atoms with Crippen molar-refractivity contribution in [2.45, 2.75) is 12.2 Å². The van der Waals surface area contributed by atoms with Crippen LogP contribution < -0.4 is 5.32 Å². The summed E-state index contributed by atoms with van der Waals surface area (Å²) in [6.45, 7) is 8.45. The topological polar surface area (TPSA) is 55.7 Å². The molecule has 1 aromatic carbocycles. The number of piperazine rings is 1. The molecule has 0 aromatic heterocycles. The highest BCUT2D eigenvalue weighted by Gasteiger charge is 2.32. The number of ether oxygens (including phenoxy) is 1. The molecule has 2 heterocycles. The van der Waals surface area contributed by atoms with Crippen molar-refractivity contribution in [1.29, 1.82) is 0 Å². The van der Waals surface area contributed by atoms with E-state index in [0.29, 0.717) is 44.4 Å². The first-order chi connectivity index (χ1) is 15.2. The van der Waals surface area contributed by atoms with Gasteiger partial charge in [0.05, 0.1) is 12.1 Å². The van der Waals surface area contributed by atoms with Gasteiger partial charge < -0.3 is 19.9 Å². The van der Waals surface area contributed by atoms with Gasteiger partial charge in [-0.1, -0.05) is 12.1 Å². The molecule has 0 spiro atoms. The smallest absolute Gasteiger partial charge is 0.416 e. The summed E-state index contributed by atoms with van der Waals surface area (Å²) in [4.78, 5) is 15.0. The summed E-state index contributed by atoms with van der Waals surface area (Å²) in [7, 11) is 5.67. The Morgan fingerprint density at radius 1 is 1.19 bits per heavy atom. The number of nitrogens with zero attached hydrogens (tertiary/aromatic N) is 5. The number of hydrogen-bond donors (Lipinski definition) is 1. The standard InChI is InChI=1S/C22H31F3N6O/c1-26-20-19(32-14-9-28-20)21(27-2)31-12-10-30(11-13-31)18(15-29(3)4)16-5-7-17(8-6-16)22(23,24)25/h5-8,18,28H,1,9-15H2,2-4H3/b27-21+. The molecule has 1 N–H and O–H groups in total. The molecule has 1 fully saturated rings. The number of rotatable bonds is 6. The third-order valence-electron chi connectivity index (χ3n) is 5.64. The lowest BCUT2D eigenvalue weighted by Crippen LogP contribution is -2.52. The molecule has 176 valence electrons. The Hall–Kier alpha value is -2.59. The Morgan fingerprint density at radius 2 is 1.84 bits per heavy atom. The van der Waals surface area contributed by atoms with E-state index in [4.69, 9.17) is 4.74 Å². The van der Waals surface area contributed by atoms with Gasteiger partial charge in [0.25, 0.3) is 0 Å². The molecule has 1 saturated heterocycles. The van der Waals surface area contributed by atoms with Crippen LogP contribution >= 0.6 is 0 Å². The normalized spacial score (nSPS) is 19.6. The fourth-order valence-electron chi connectivity index (χ4n) is 4.07. The first kappa shape index (κ1) is 24.1. The molecule has 0 aliphatic carbocycles. The van der Waals surface area contributed by atoms with Gasteiger partial charge in [0.15, 0.2) is 11.7 Å². The molecule has 3 rings (SSSR count). The highest BCUT2D eigenvalue weighted by molar-refractivity contribution is 5.97. The van der Waals surface area contributed by atoms with Crippen LogP contribution in [0.15, 0.2) is 45.8 Å². The van der Waals surface area contributed by atoms with Gasteiger partial charge in [-0.25, -0.2) is 4.99 Å². The zero-order chi connectivity index (χ0) is 23.3. The molecular weight excluding hydrogens is 421 g/mol. The number of benzene rings is 1. The van der Waals surface area contributed by atoms with Crippen molar-refractivity contribution in [3.05, 3.63) is 47.0 Å². The molecule has 1 atom stereocenters. The number of halogens is 3. The SMILES string of the molecule is C=NC1=C(/C(=N\C)N2CCN(C(CN(C)C)c3ccc(C(F)(F)F)cc3)CC2)OCCN1. The van der Waals surface area contributed by atoms with Crippen molar-refractivity contribution in [2.75, 3.05) is 67.0 Å². The van der Waals surface area contributed by atoms with Crippen LogP contribution in [-0.2, 0) is 10.9 Å². The van der Waals surface area contributed by atoms with Gasteiger partial charge in [0.1, 0.15) is 6.61 Å². The second-order valence-corrected chi connectivity index (χ2v) is 8.08. The molecular formula is C22H31F3N6O. The first-order valence-electron chi connectivity index (χ1n) is 10.6. The molecule has 0 radical (unpaired) electrons. The van der Waals surface area contributed by atoms with Gasteiger partial charge in [-0.15, -0.1) is 0 Å². The summed E-state index contributed by atoms with van der Waals surface area (Å²) in [5.74, 6) is 1.93. The zero-order valence-electron chi connectivity index (χ0n) is 18.8. The zero-order valence-corrected chi connectivity index (χ0v) is 18.8. The monoisotopic (exact) mass is 452 g/mol. The number of aliphatic imine (C=N–C) groups is 2. The average Bonchev–Trinajstić information content (AvgIpc) is 2.78. The first-order valence-corrected chi connectivity index (χ1v) is 10.6. The number of likely N-dealkylation sites (N-methyl/N-ethyl adjacent to an activating group) is 1. The van der Waals surface area contributed by atoms with Gasteiger partial charge in [-0.05, 0) is 38.5 Å². The van der Waals surface area contributed by atoms with E-state index in [1.807, 2.05) is 14.1 Å². The van der Waals surface area contributed by atoms with E-state index in [1.54, 1.807) is 19.2 Å². The molecule has 0 bridgehead atoms. The van der Waals surface area contributed by atoms with E-state index >= 15 is 0 Å². The van der Waals surface area contributed by atoms with Crippen molar-refractivity contribution in [1.82, 2.24) is 20.0 Å². The highest BCUT2D eigenvalue weighted by Crippen LogP contribution is 2.31. The fraction of sp³-hybridized carbons (Fsp3) is 0.545. The Morgan fingerprint density at radius 3 is 2.38 bits per heavy atom. The Labute approximate surface area is 187 Å². The lowest BCUT2D eigenvalue weighted by Gasteiger charge is -2.41. The molecule has 0 amide bonds. The third kappa shape index (κ3) is 5.60. The second kappa shape index (κ2) is 10.4. The number of hydrogen-bond acceptors (Lipinski definition) is 6. The molecule has 32 heavy (non-hydrogen) atoms. The maximum Gasteiger partial charge on any atom is 0.416 e. The van der Waals surface area contributed by atoms with Gasteiger partial charge >= 0.3 is 6.18 Å². The Balaban J connectivity index is 1.74. The fourth-order valence-corrected chi connectivity index (χ4v) is 4.07. The van der Waals surface area contributed by atoms with Gasteiger partial charge in [-0.3, -0.25) is 9.89 Å². The number of alkyl halides is 3. The minimum atomic E-state index is -4.33. The number of amidine groups is 1. The minimum Gasteiger partial charge on any atom is -0.485 e. The van der Waals surface area contributed by atoms with Crippen molar-refractivity contribution < 1.29 is 17.9 Å². The summed E-state index contributed by atoms with van der Waals surface area (Å²) in [6.07, 6.45) is -4.33. The minimum absolute atomic E-state index is 0.00587. The van der Waals surface area contributed by atoms with Crippen molar-refractivity contribution in [3.8, 4) is 0 Å². The maximum atomic E-state index is 13.0. The predicted molar refractivity (Wildman–Crippen MR) is 120 cm³/mol. The average molecular weight is 453 g/mol. The van der Waals surface area contributed by atoms with Gasteiger partial charge in [-0.2, -0.15) is 13.2 Å². The van der Waals surface area contributed by atoms with Crippen LogP contribution in [0.3, 0.4) is 0 Å². The van der Waals surface area contributed by atoms with Gasteiger partial charge in [0.2, 0.25) is 5.76 Å². The van der Waals surface area contributed by atoms with Crippen LogP contribution in [0.1, 0.15) is 17.2 Å². The number of nitrogens with one attached hydrogen (secondary N) is 1. The van der Waals surface area contributed by atoms with E-state index in [1.165, 1.54) is 12.1 Å². The van der Waals surface area contributed by atoms with Crippen LogP contribution in [0, 0.1) is 0 Å².